The lowest BCUT2D eigenvalue weighted by Gasteiger charge is -2.35. The van der Waals surface area contributed by atoms with E-state index in [9.17, 15) is 9.59 Å². The standard InChI is InChI=1S/C14H16BrN3O3/c15-9-1-2-12(16-8-9)17-3-5-18(6-4-17)13(19)10-7-11(10)14(20)21/h1-2,8,10-11H,3-7H2,(H,20,21)/t10-,11+/m1/s1. The molecule has 1 saturated heterocycles. The average molecular weight is 354 g/mol. The summed E-state index contributed by atoms with van der Waals surface area (Å²) in [6.07, 6.45) is 2.25. The third-order valence-electron chi connectivity index (χ3n) is 4.05. The number of rotatable bonds is 3. The van der Waals surface area contributed by atoms with Crippen molar-refractivity contribution < 1.29 is 14.7 Å². The van der Waals surface area contributed by atoms with Crippen LogP contribution in [0.1, 0.15) is 6.42 Å². The zero-order chi connectivity index (χ0) is 15.0. The number of hydrogen-bond acceptors (Lipinski definition) is 4. The van der Waals surface area contributed by atoms with E-state index in [0.29, 0.717) is 19.5 Å². The number of piperazine rings is 1. The summed E-state index contributed by atoms with van der Waals surface area (Å²) in [5.74, 6) is -0.736. The van der Waals surface area contributed by atoms with Crippen LogP contribution in [-0.4, -0.2) is 53.0 Å². The molecule has 1 aromatic heterocycles. The Morgan fingerprint density at radius 2 is 1.90 bits per heavy atom. The molecule has 1 amide bonds. The maximum Gasteiger partial charge on any atom is 0.307 e. The van der Waals surface area contributed by atoms with Crippen molar-refractivity contribution in [3.63, 3.8) is 0 Å². The highest BCUT2D eigenvalue weighted by atomic mass is 79.9. The summed E-state index contributed by atoms with van der Waals surface area (Å²) < 4.78 is 0.938. The molecule has 112 valence electrons. The molecule has 1 aliphatic carbocycles. The predicted molar refractivity (Wildman–Crippen MR) is 80.0 cm³/mol. The highest BCUT2D eigenvalue weighted by Crippen LogP contribution is 2.40. The Morgan fingerprint density at radius 3 is 2.43 bits per heavy atom. The summed E-state index contributed by atoms with van der Waals surface area (Å²) in [6, 6.07) is 3.89. The van der Waals surface area contributed by atoms with Gasteiger partial charge in [-0.3, -0.25) is 9.59 Å². The zero-order valence-corrected chi connectivity index (χ0v) is 13.0. The Kier molecular flexibility index (Phi) is 3.84. The second-order valence-electron chi connectivity index (χ2n) is 5.43. The van der Waals surface area contributed by atoms with Crippen molar-refractivity contribution in [3.05, 3.63) is 22.8 Å². The third-order valence-corrected chi connectivity index (χ3v) is 4.52. The molecule has 1 aliphatic heterocycles. The Labute approximate surface area is 130 Å². The van der Waals surface area contributed by atoms with Gasteiger partial charge < -0.3 is 14.9 Å². The minimum absolute atomic E-state index is 0.00850. The van der Waals surface area contributed by atoms with Crippen molar-refractivity contribution in [1.82, 2.24) is 9.88 Å². The van der Waals surface area contributed by atoms with Crippen LogP contribution in [-0.2, 0) is 9.59 Å². The molecule has 0 radical (unpaired) electrons. The first-order valence-corrected chi connectivity index (χ1v) is 7.73. The van der Waals surface area contributed by atoms with Crippen LogP contribution < -0.4 is 4.90 Å². The van der Waals surface area contributed by atoms with Gasteiger partial charge in [-0.15, -0.1) is 0 Å². The Balaban J connectivity index is 1.54. The minimum atomic E-state index is -0.856. The molecule has 2 atom stereocenters. The van der Waals surface area contributed by atoms with E-state index in [4.69, 9.17) is 5.11 Å². The van der Waals surface area contributed by atoms with Crippen LogP contribution >= 0.6 is 15.9 Å². The van der Waals surface area contributed by atoms with Gasteiger partial charge in [0.1, 0.15) is 5.82 Å². The van der Waals surface area contributed by atoms with E-state index >= 15 is 0 Å². The molecule has 3 rings (SSSR count). The molecule has 6 nitrogen and oxygen atoms in total. The monoisotopic (exact) mass is 353 g/mol. The number of amides is 1. The molecular weight excluding hydrogens is 338 g/mol. The molecule has 0 bridgehead atoms. The van der Waals surface area contributed by atoms with E-state index in [1.807, 2.05) is 12.1 Å². The van der Waals surface area contributed by atoms with Gasteiger partial charge in [-0.2, -0.15) is 0 Å². The van der Waals surface area contributed by atoms with E-state index in [1.165, 1.54) is 0 Å². The first-order chi connectivity index (χ1) is 10.1. The molecule has 2 fully saturated rings. The van der Waals surface area contributed by atoms with Crippen LogP contribution in [0.4, 0.5) is 5.82 Å². The van der Waals surface area contributed by atoms with E-state index in [-0.39, 0.29) is 11.8 Å². The topological polar surface area (TPSA) is 73.7 Å². The Bertz CT molecular complexity index is 555. The molecule has 1 aromatic rings. The number of hydrogen-bond donors (Lipinski definition) is 1. The second-order valence-corrected chi connectivity index (χ2v) is 6.35. The SMILES string of the molecule is O=C(O)[C@H]1C[C@H]1C(=O)N1CCN(c2ccc(Br)cn2)CC1. The lowest BCUT2D eigenvalue weighted by molar-refractivity contribution is -0.142. The number of aliphatic carboxylic acids is 1. The van der Waals surface area contributed by atoms with Gasteiger partial charge in [0.05, 0.1) is 11.8 Å². The van der Waals surface area contributed by atoms with E-state index in [0.717, 1.165) is 23.4 Å². The fraction of sp³-hybridized carbons (Fsp3) is 0.500. The summed E-state index contributed by atoms with van der Waals surface area (Å²) >= 11 is 3.36. The molecule has 1 saturated carbocycles. The lowest BCUT2D eigenvalue weighted by atomic mass is 10.2. The van der Waals surface area contributed by atoms with E-state index < -0.39 is 11.9 Å². The summed E-state index contributed by atoms with van der Waals surface area (Å²) in [6.45, 7) is 2.70. The van der Waals surface area contributed by atoms with Crippen LogP contribution in [0.5, 0.6) is 0 Å². The van der Waals surface area contributed by atoms with Gasteiger partial charge in [-0.1, -0.05) is 0 Å². The number of pyridine rings is 1. The van der Waals surface area contributed by atoms with Crippen molar-refractivity contribution in [1.29, 1.82) is 0 Å². The molecule has 0 unspecified atom stereocenters. The first-order valence-electron chi connectivity index (χ1n) is 6.94. The molecule has 0 spiro atoms. The zero-order valence-electron chi connectivity index (χ0n) is 11.4. The minimum Gasteiger partial charge on any atom is -0.481 e. The van der Waals surface area contributed by atoms with Gasteiger partial charge in [0.2, 0.25) is 5.91 Å². The van der Waals surface area contributed by atoms with Crippen molar-refractivity contribution >= 4 is 33.6 Å². The molecule has 0 aromatic carbocycles. The van der Waals surface area contributed by atoms with Gasteiger partial charge in [0.25, 0.3) is 0 Å². The lowest BCUT2D eigenvalue weighted by Crippen LogP contribution is -2.49. The maximum atomic E-state index is 12.2. The van der Waals surface area contributed by atoms with Crippen LogP contribution in [0.3, 0.4) is 0 Å². The second kappa shape index (κ2) is 5.63. The third kappa shape index (κ3) is 3.02. The number of anilines is 1. The van der Waals surface area contributed by atoms with Gasteiger partial charge >= 0.3 is 5.97 Å². The molecule has 2 aliphatic rings. The van der Waals surface area contributed by atoms with Gasteiger partial charge in [0, 0.05) is 36.8 Å². The quantitative estimate of drug-likeness (QED) is 0.884. The smallest absolute Gasteiger partial charge is 0.307 e. The molecule has 2 heterocycles. The largest absolute Gasteiger partial charge is 0.481 e. The van der Waals surface area contributed by atoms with Crippen molar-refractivity contribution in [2.75, 3.05) is 31.1 Å². The molecule has 7 heteroatoms. The van der Waals surface area contributed by atoms with Gasteiger partial charge in [0.15, 0.2) is 0 Å². The number of carboxylic acid groups (broad SMARTS) is 1. The van der Waals surface area contributed by atoms with Crippen LogP contribution in [0.15, 0.2) is 22.8 Å². The normalized spacial score (nSPS) is 24.8. The highest BCUT2D eigenvalue weighted by molar-refractivity contribution is 9.10. The summed E-state index contributed by atoms with van der Waals surface area (Å²) in [5, 5.41) is 8.89. The van der Waals surface area contributed by atoms with Crippen LogP contribution in [0.25, 0.3) is 0 Å². The van der Waals surface area contributed by atoms with E-state index in [1.54, 1.807) is 11.1 Å². The number of carbonyl (C=O) groups excluding carboxylic acids is 1. The van der Waals surface area contributed by atoms with Gasteiger partial charge in [-0.25, -0.2) is 4.98 Å². The van der Waals surface area contributed by atoms with Gasteiger partial charge in [-0.05, 0) is 34.5 Å². The number of carboxylic acids is 1. The molecule has 21 heavy (non-hydrogen) atoms. The fourth-order valence-electron chi connectivity index (χ4n) is 2.69. The summed E-state index contributed by atoms with van der Waals surface area (Å²) in [4.78, 5) is 31.3. The van der Waals surface area contributed by atoms with Crippen molar-refractivity contribution in [2.24, 2.45) is 11.8 Å². The number of aromatic nitrogens is 1. The number of nitrogens with zero attached hydrogens (tertiary/aromatic N) is 3. The van der Waals surface area contributed by atoms with Crippen molar-refractivity contribution in [3.8, 4) is 0 Å². The fourth-order valence-corrected chi connectivity index (χ4v) is 2.92. The Morgan fingerprint density at radius 1 is 1.19 bits per heavy atom. The number of carbonyl (C=O) groups is 2. The average Bonchev–Trinajstić information content (AvgIpc) is 3.28. The predicted octanol–water partition coefficient (Wildman–Crippen LogP) is 1.21. The highest BCUT2D eigenvalue weighted by Gasteiger charge is 2.50. The van der Waals surface area contributed by atoms with Crippen molar-refractivity contribution in [2.45, 2.75) is 6.42 Å². The maximum absolute atomic E-state index is 12.2. The number of halogens is 1. The summed E-state index contributed by atoms with van der Waals surface area (Å²) in [5.41, 5.74) is 0. The Hall–Kier alpha value is -1.63. The van der Waals surface area contributed by atoms with Crippen LogP contribution in [0, 0.1) is 11.8 Å². The summed E-state index contributed by atoms with van der Waals surface area (Å²) in [7, 11) is 0. The molecular formula is C14H16BrN3O3. The van der Waals surface area contributed by atoms with E-state index in [2.05, 4.69) is 25.8 Å². The first kappa shape index (κ1) is 14.3. The van der Waals surface area contributed by atoms with Crippen LogP contribution in [0.2, 0.25) is 0 Å². The molecule has 1 N–H and O–H groups in total.